The molecule has 8 nitrogen and oxygen atoms in total. The summed E-state index contributed by atoms with van der Waals surface area (Å²) >= 11 is 0. The molecule has 0 radical (unpaired) electrons. The molecule has 2 heterocycles. The maximum Gasteiger partial charge on any atom is 0.191 e. The molecule has 0 saturated carbocycles. The molecule has 154 valence electrons. The molecule has 0 amide bonds. The number of aromatic nitrogens is 3. The minimum absolute atomic E-state index is 0. The minimum atomic E-state index is 0. The molecule has 3 rings (SSSR count). The van der Waals surface area contributed by atoms with Crippen molar-refractivity contribution in [1.82, 2.24) is 30.7 Å². The molecule has 1 aliphatic heterocycles. The summed E-state index contributed by atoms with van der Waals surface area (Å²) in [6.07, 6.45) is 3.99. The van der Waals surface area contributed by atoms with Crippen molar-refractivity contribution in [2.75, 3.05) is 40.3 Å². The SMILES string of the molecule is CN=C(NCCN1CCCCC1)NCc1nc(-c2ccc(OC)cc2)n[nH]1.I. The zero-order chi connectivity index (χ0) is 18.9. The van der Waals surface area contributed by atoms with Gasteiger partial charge in [-0.2, -0.15) is 5.10 Å². The molecule has 9 heteroatoms. The van der Waals surface area contributed by atoms with E-state index in [1.54, 1.807) is 14.2 Å². The maximum absolute atomic E-state index is 5.18. The summed E-state index contributed by atoms with van der Waals surface area (Å²) in [6, 6.07) is 7.69. The highest BCUT2D eigenvalue weighted by Gasteiger charge is 2.10. The van der Waals surface area contributed by atoms with Crippen molar-refractivity contribution in [3.63, 3.8) is 0 Å². The Kier molecular flexibility index (Phi) is 9.48. The summed E-state index contributed by atoms with van der Waals surface area (Å²) in [4.78, 5) is 11.3. The molecule has 1 aliphatic rings. The standard InChI is InChI=1S/C19H29N7O.HI/c1-20-19(21-10-13-26-11-4-3-5-12-26)22-14-17-23-18(25-24-17)15-6-8-16(27-2)9-7-15;/h6-9H,3-5,10-14H2,1-2H3,(H2,20,21,22)(H,23,24,25);1H. The lowest BCUT2D eigenvalue weighted by molar-refractivity contribution is 0.232. The van der Waals surface area contributed by atoms with Crippen LogP contribution in [-0.4, -0.2) is 66.4 Å². The van der Waals surface area contributed by atoms with Gasteiger partial charge in [-0.25, -0.2) is 4.98 Å². The molecule has 0 atom stereocenters. The van der Waals surface area contributed by atoms with Gasteiger partial charge in [0.1, 0.15) is 11.6 Å². The quantitative estimate of drug-likeness (QED) is 0.308. The fraction of sp³-hybridized carbons (Fsp3) is 0.526. The number of nitrogens with zero attached hydrogens (tertiary/aromatic N) is 4. The Labute approximate surface area is 183 Å². The van der Waals surface area contributed by atoms with E-state index < -0.39 is 0 Å². The summed E-state index contributed by atoms with van der Waals surface area (Å²) in [5.41, 5.74) is 0.947. The number of rotatable bonds is 7. The van der Waals surface area contributed by atoms with Gasteiger partial charge in [0.2, 0.25) is 0 Å². The Morgan fingerprint density at radius 2 is 1.93 bits per heavy atom. The van der Waals surface area contributed by atoms with Gasteiger partial charge in [0.05, 0.1) is 13.7 Å². The van der Waals surface area contributed by atoms with E-state index in [-0.39, 0.29) is 24.0 Å². The topological polar surface area (TPSA) is 90.5 Å². The van der Waals surface area contributed by atoms with E-state index in [1.807, 2.05) is 24.3 Å². The molecule has 1 aromatic carbocycles. The van der Waals surface area contributed by atoms with Crippen LogP contribution >= 0.6 is 24.0 Å². The number of methoxy groups -OCH3 is 1. The van der Waals surface area contributed by atoms with Crippen molar-refractivity contribution in [3.05, 3.63) is 30.1 Å². The van der Waals surface area contributed by atoms with E-state index in [9.17, 15) is 0 Å². The molecular weight excluding hydrogens is 469 g/mol. The lowest BCUT2D eigenvalue weighted by atomic mass is 10.1. The monoisotopic (exact) mass is 499 g/mol. The van der Waals surface area contributed by atoms with Crippen molar-refractivity contribution in [1.29, 1.82) is 0 Å². The number of ether oxygens (including phenoxy) is 1. The highest BCUT2D eigenvalue weighted by atomic mass is 127. The highest BCUT2D eigenvalue weighted by molar-refractivity contribution is 14.0. The average Bonchev–Trinajstić information content (AvgIpc) is 3.20. The Morgan fingerprint density at radius 1 is 1.18 bits per heavy atom. The number of H-pyrrole nitrogens is 1. The van der Waals surface area contributed by atoms with E-state index in [1.165, 1.54) is 32.4 Å². The first-order valence-electron chi connectivity index (χ1n) is 9.51. The second-order valence-electron chi connectivity index (χ2n) is 6.59. The van der Waals surface area contributed by atoms with Crippen molar-refractivity contribution in [2.45, 2.75) is 25.8 Å². The fourth-order valence-electron chi connectivity index (χ4n) is 3.15. The van der Waals surface area contributed by atoms with E-state index in [0.29, 0.717) is 12.4 Å². The summed E-state index contributed by atoms with van der Waals surface area (Å²) in [5, 5.41) is 13.9. The Balaban J connectivity index is 0.00000280. The average molecular weight is 499 g/mol. The van der Waals surface area contributed by atoms with Gasteiger partial charge < -0.3 is 20.3 Å². The van der Waals surface area contributed by atoms with E-state index >= 15 is 0 Å². The molecule has 1 aromatic heterocycles. The second kappa shape index (κ2) is 11.8. The number of hydrogen-bond donors (Lipinski definition) is 3. The molecule has 0 unspecified atom stereocenters. The predicted molar refractivity (Wildman–Crippen MR) is 122 cm³/mol. The molecule has 1 saturated heterocycles. The summed E-state index contributed by atoms with van der Waals surface area (Å²) < 4.78 is 5.18. The second-order valence-corrected chi connectivity index (χ2v) is 6.59. The molecule has 0 aliphatic carbocycles. The van der Waals surface area contributed by atoms with Crippen LogP contribution in [0.2, 0.25) is 0 Å². The number of halogens is 1. The Bertz CT molecular complexity index is 726. The molecular formula is C19H30IN7O. The summed E-state index contributed by atoms with van der Waals surface area (Å²) in [6.45, 7) is 4.88. The Hall–Kier alpha value is -1.88. The van der Waals surface area contributed by atoms with Gasteiger partial charge in [-0.15, -0.1) is 24.0 Å². The smallest absolute Gasteiger partial charge is 0.191 e. The van der Waals surface area contributed by atoms with Gasteiger partial charge >= 0.3 is 0 Å². The van der Waals surface area contributed by atoms with Crippen molar-refractivity contribution in [2.24, 2.45) is 4.99 Å². The van der Waals surface area contributed by atoms with E-state index in [0.717, 1.165) is 36.2 Å². The van der Waals surface area contributed by atoms with Crippen LogP contribution in [0.1, 0.15) is 25.1 Å². The fourth-order valence-corrected chi connectivity index (χ4v) is 3.15. The van der Waals surface area contributed by atoms with Gasteiger partial charge in [0.15, 0.2) is 11.8 Å². The van der Waals surface area contributed by atoms with Crippen LogP contribution in [-0.2, 0) is 6.54 Å². The van der Waals surface area contributed by atoms with Crippen molar-refractivity contribution >= 4 is 29.9 Å². The zero-order valence-corrected chi connectivity index (χ0v) is 18.9. The first kappa shape index (κ1) is 22.4. The van der Waals surface area contributed by atoms with Crippen LogP contribution in [0.4, 0.5) is 0 Å². The van der Waals surface area contributed by atoms with Crippen LogP contribution in [0.3, 0.4) is 0 Å². The number of aromatic amines is 1. The maximum atomic E-state index is 5.18. The van der Waals surface area contributed by atoms with Gasteiger partial charge in [-0.05, 0) is 50.2 Å². The normalized spacial score (nSPS) is 15.0. The largest absolute Gasteiger partial charge is 0.497 e. The minimum Gasteiger partial charge on any atom is -0.497 e. The van der Waals surface area contributed by atoms with Crippen LogP contribution in [0.15, 0.2) is 29.3 Å². The molecule has 2 aromatic rings. The third kappa shape index (κ3) is 6.62. The number of benzene rings is 1. The van der Waals surface area contributed by atoms with E-state index in [4.69, 9.17) is 4.74 Å². The number of piperidine rings is 1. The summed E-state index contributed by atoms with van der Waals surface area (Å²) in [5.74, 6) is 3.02. The Morgan fingerprint density at radius 3 is 2.61 bits per heavy atom. The number of guanidine groups is 1. The third-order valence-electron chi connectivity index (χ3n) is 4.70. The first-order chi connectivity index (χ1) is 13.3. The number of aliphatic imine (C=N–C) groups is 1. The molecule has 3 N–H and O–H groups in total. The molecule has 0 bridgehead atoms. The van der Waals surface area contributed by atoms with Crippen LogP contribution in [0, 0.1) is 0 Å². The first-order valence-corrected chi connectivity index (χ1v) is 9.51. The number of hydrogen-bond acceptors (Lipinski definition) is 5. The highest BCUT2D eigenvalue weighted by Crippen LogP contribution is 2.18. The third-order valence-corrected chi connectivity index (χ3v) is 4.70. The predicted octanol–water partition coefficient (Wildman–Crippen LogP) is 2.25. The van der Waals surface area contributed by atoms with Crippen molar-refractivity contribution in [3.8, 4) is 17.1 Å². The van der Waals surface area contributed by atoms with Crippen LogP contribution in [0.25, 0.3) is 11.4 Å². The zero-order valence-electron chi connectivity index (χ0n) is 16.6. The van der Waals surface area contributed by atoms with Gasteiger partial charge in [-0.1, -0.05) is 6.42 Å². The van der Waals surface area contributed by atoms with Gasteiger partial charge in [-0.3, -0.25) is 10.1 Å². The molecule has 0 spiro atoms. The number of likely N-dealkylation sites (tertiary alicyclic amines) is 1. The lowest BCUT2D eigenvalue weighted by Gasteiger charge is -2.26. The molecule has 1 fully saturated rings. The van der Waals surface area contributed by atoms with Gasteiger partial charge in [0, 0.05) is 25.7 Å². The van der Waals surface area contributed by atoms with Crippen molar-refractivity contribution < 1.29 is 4.74 Å². The van der Waals surface area contributed by atoms with Crippen LogP contribution in [0.5, 0.6) is 5.75 Å². The number of nitrogens with one attached hydrogen (secondary N) is 3. The van der Waals surface area contributed by atoms with Gasteiger partial charge in [0.25, 0.3) is 0 Å². The van der Waals surface area contributed by atoms with E-state index in [2.05, 4.69) is 35.7 Å². The van der Waals surface area contributed by atoms with Crippen LogP contribution < -0.4 is 15.4 Å². The lowest BCUT2D eigenvalue weighted by Crippen LogP contribution is -2.42. The summed E-state index contributed by atoms with van der Waals surface area (Å²) in [7, 11) is 3.43. The molecule has 28 heavy (non-hydrogen) atoms.